The molecular formula is C14H18ClN3O. The molecule has 0 saturated heterocycles. The molecule has 1 unspecified atom stereocenters. The standard InChI is InChI=1S/C14H18ClN3O/c1-4-10-14(15)12(18(3)17-10)7-13(19)11-6-5-9(2)8-16-11/h5-6,8,13,19H,4,7H2,1-3H3. The van der Waals surface area contributed by atoms with Gasteiger partial charge in [-0.05, 0) is 25.0 Å². The maximum atomic E-state index is 10.2. The third-order valence-corrected chi connectivity index (χ3v) is 3.60. The topological polar surface area (TPSA) is 50.9 Å². The fourth-order valence-corrected chi connectivity index (χ4v) is 2.38. The molecule has 1 N–H and O–H groups in total. The van der Waals surface area contributed by atoms with Crippen LogP contribution in [0.4, 0.5) is 0 Å². The Morgan fingerprint density at radius 3 is 2.68 bits per heavy atom. The Hall–Kier alpha value is -1.39. The number of rotatable bonds is 4. The molecule has 0 radical (unpaired) electrons. The van der Waals surface area contributed by atoms with Crippen molar-refractivity contribution in [3.63, 3.8) is 0 Å². The van der Waals surface area contributed by atoms with Crippen LogP contribution in [0, 0.1) is 6.92 Å². The molecule has 0 spiro atoms. The summed E-state index contributed by atoms with van der Waals surface area (Å²) < 4.78 is 1.73. The van der Waals surface area contributed by atoms with Gasteiger partial charge in [0.15, 0.2) is 0 Å². The van der Waals surface area contributed by atoms with Crippen LogP contribution >= 0.6 is 11.6 Å². The lowest BCUT2D eigenvalue weighted by Crippen LogP contribution is -2.08. The lowest BCUT2D eigenvalue weighted by atomic mass is 10.1. The first-order valence-electron chi connectivity index (χ1n) is 6.33. The van der Waals surface area contributed by atoms with Gasteiger partial charge in [0.05, 0.1) is 22.1 Å². The minimum atomic E-state index is -0.668. The zero-order valence-electron chi connectivity index (χ0n) is 11.4. The molecule has 0 amide bonds. The fraction of sp³-hybridized carbons (Fsp3) is 0.429. The molecular weight excluding hydrogens is 262 g/mol. The Morgan fingerprint density at radius 1 is 1.42 bits per heavy atom. The summed E-state index contributed by atoms with van der Waals surface area (Å²) in [4.78, 5) is 4.24. The molecule has 1 atom stereocenters. The van der Waals surface area contributed by atoms with Crippen LogP contribution in [0.2, 0.25) is 5.02 Å². The van der Waals surface area contributed by atoms with Gasteiger partial charge in [0.1, 0.15) is 6.10 Å². The van der Waals surface area contributed by atoms with Gasteiger partial charge in [-0.15, -0.1) is 0 Å². The summed E-state index contributed by atoms with van der Waals surface area (Å²) >= 11 is 6.27. The highest BCUT2D eigenvalue weighted by Gasteiger charge is 2.18. The molecule has 102 valence electrons. The number of halogens is 1. The van der Waals surface area contributed by atoms with Crippen molar-refractivity contribution in [3.8, 4) is 0 Å². The summed E-state index contributed by atoms with van der Waals surface area (Å²) in [5.41, 5.74) is 3.43. The van der Waals surface area contributed by atoms with Crippen molar-refractivity contribution in [3.05, 3.63) is 46.0 Å². The Balaban J connectivity index is 2.21. The fourth-order valence-electron chi connectivity index (χ4n) is 2.01. The van der Waals surface area contributed by atoms with Gasteiger partial charge in [-0.3, -0.25) is 9.67 Å². The van der Waals surface area contributed by atoms with Gasteiger partial charge < -0.3 is 5.11 Å². The highest BCUT2D eigenvalue weighted by molar-refractivity contribution is 6.31. The first-order chi connectivity index (χ1) is 9.02. The number of hydrogen-bond acceptors (Lipinski definition) is 3. The van der Waals surface area contributed by atoms with Crippen molar-refractivity contribution in [1.82, 2.24) is 14.8 Å². The summed E-state index contributed by atoms with van der Waals surface area (Å²) in [5.74, 6) is 0. The molecule has 0 saturated carbocycles. The summed E-state index contributed by atoms with van der Waals surface area (Å²) in [6.45, 7) is 3.98. The van der Waals surface area contributed by atoms with Crippen LogP contribution in [-0.4, -0.2) is 19.9 Å². The summed E-state index contributed by atoms with van der Waals surface area (Å²) in [7, 11) is 1.84. The zero-order valence-corrected chi connectivity index (χ0v) is 12.1. The van der Waals surface area contributed by atoms with Crippen LogP contribution in [0.25, 0.3) is 0 Å². The van der Waals surface area contributed by atoms with Gasteiger partial charge in [-0.1, -0.05) is 24.6 Å². The molecule has 0 aliphatic carbocycles. The predicted octanol–water partition coefficient (Wildman–Crippen LogP) is 2.62. The first kappa shape index (κ1) is 14.0. The van der Waals surface area contributed by atoms with Crippen LogP contribution in [0.5, 0.6) is 0 Å². The van der Waals surface area contributed by atoms with Crippen LogP contribution < -0.4 is 0 Å². The van der Waals surface area contributed by atoms with Crippen LogP contribution in [0.1, 0.15) is 35.7 Å². The average Bonchev–Trinajstić information content (AvgIpc) is 2.67. The van der Waals surface area contributed by atoms with E-state index >= 15 is 0 Å². The van der Waals surface area contributed by atoms with E-state index in [2.05, 4.69) is 10.1 Å². The van der Waals surface area contributed by atoms with Gasteiger partial charge in [0.2, 0.25) is 0 Å². The third-order valence-electron chi connectivity index (χ3n) is 3.17. The molecule has 2 heterocycles. The van der Waals surface area contributed by atoms with Crippen LogP contribution in [0.3, 0.4) is 0 Å². The lowest BCUT2D eigenvalue weighted by molar-refractivity contribution is 0.171. The van der Waals surface area contributed by atoms with Crippen LogP contribution in [-0.2, 0) is 19.9 Å². The second-order valence-electron chi connectivity index (χ2n) is 4.66. The zero-order chi connectivity index (χ0) is 14.0. The molecule has 0 aromatic carbocycles. The van der Waals surface area contributed by atoms with E-state index in [1.165, 1.54) is 0 Å². The summed E-state index contributed by atoms with van der Waals surface area (Å²) in [6.07, 6.45) is 2.28. The van der Waals surface area contributed by atoms with Crippen molar-refractivity contribution in [2.75, 3.05) is 0 Å². The van der Waals surface area contributed by atoms with E-state index in [4.69, 9.17) is 11.6 Å². The third kappa shape index (κ3) is 2.96. The number of nitrogens with zero attached hydrogens (tertiary/aromatic N) is 3. The van der Waals surface area contributed by atoms with Crippen molar-refractivity contribution in [2.45, 2.75) is 32.8 Å². The van der Waals surface area contributed by atoms with Crippen molar-refractivity contribution >= 4 is 11.6 Å². The molecule has 0 bridgehead atoms. The summed E-state index contributed by atoms with van der Waals surface area (Å²) in [5, 5.41) is 15.2. The smallest absolute Gasteiger partial charge is 0.101 e. The molecule has 0 aliphatic heterocycles. The van der Waals surface area contributed by atoms with Gasteiger partial charge in [-0.2, -0.15) is 5.10 Å². The summed E-state index contributed by atoms with van der Waals surface area (Å²) in [6, 6.07) is 3.78. The maximum absolute atomic E-state index is 10.2. The van der Waals surface area contributed by atoms with E-state index in [0.717, 1.165) is 23.4 Å². The Morgan fingerprint density at radius 2 is 2.16 bits per heavy atom. The normalized spacial score (nSPS) is 12.7. The number of pyridine rings is 1. The van der Waals surface area contributed by atoms with E-state index < -0.39 is 6.10 Å². The number of hydrogen-bond donors (Lipinski definition) is 1. The van der Waals surface area contributed by atoms with Crippen molar-refractivity contribution < 1.29 is 5.11 Å². The molecule has 5 heteroatoms. The van der Waals surface area contributed by atoms with Crippen molar-refractivity contribution in [1.29, 1.82) is 0 Å². The van der Waals surface area contributed by atoms with Gasteiger partial charge in [0, 0.05) is 19.7 Å². The second-order valence-corrected chi connectivity index (χ2v) is 5.04. The van der Waals surface area contributed by atoms with E-state index in [-0.39, 0.29) is 0 Å². The van der Waals surface area contributed by atoms with Gasteiger partial charge in [0.25, 0.3) is 0 Å². The van der Waals surface area contributed by atoms with Crippen molar-refractivity contribution in [2.24, 2.45) is 7.05 Å². The Kier molecular flexibility index (Phi) is 4.22. The second kappa shape index (κ2) is 5.72. The van der Waals surface area contributed by atoms with Gasteiger partial charge in [-0.25, -0.2) is 0 Å². The SMILES string of the molecule is CCc1nn(C)c(CC(O)c2ccc(C)cn2)c1Cl. The van der Waals surface area contributed by atoms with E-state index in [1.807, 2.05) is 33.0 Å². The monoisotopic (exact) mass is 279 g/mol. The molecule has 19 heavy (non-hydrogen) atoms. The maximum Gasteiger partial charge on any atom is 0.101 e. The largest absolute Gasteiger partial charge is 0.386 e. The molecule has 4 nitrogen and oxygen atoms in total. The minimum Gasteiger partial charge on any atom is -0.386 e. The highest BCUT2D eigenvalue weighted by atomic mass is 35.5. The number of aliphatic hydroxyl groups is 1. The highest BCUT2D eigenvalue weighted by Crippen LogP contribution is 2.25. The van der Waals surface area contributed by atoms with E-state index in [0.29, 0.717) is 17.1 Å². The van der Waals surface area contributed by atoms with Crippen LogP contribution in [0.15, 0.2) is 18.3 Å². The Bertz CT molecular complexity index is 563. The molecule has 2 aromatic rings. The van der Waals surface area contributed by atoms with Gasteiger partial charge >= 0.3 is 0 Å². The number of aryl methyl sites for hydroxylation is 3. The molecule has 2 aromatic heterocycles. The lowest BCUT2D eigenvalue weighted by Gasteiger charge is -2.11. The van der Waals surface area contributed by atoms with E-state index in [1.54, 1.807) is 10.9 Å². The molecule has 2 rings (SSSR count). The molecule has 0 aliphatic rings. The van der Waals surface area contributed by atoms with E-state index in [9.17, 15) is 5.11 Å². The number of aromatic nitrogens is 3. The predicted molar refractivity (Wildman–Crippen MR) is 75.2 cm³/mol. The Labute approximate surface area is 118 Å². The average molecular weight is 280 g/mol. The number of aliphatic hydroxyl groups excluding tert-OH is 1. The quantitative estimate of drug-likeness (QED) is 0.936. The minimum absolute atomic E-state index is 0.415. The molecule has 0 fully saturated rings. The first-order valence-corrected chi connectivity index (χ1v) is 6.71.